The molecule has 6 heteroatoms. The van der Waals surface area contributed by atoms with Gasteiger partial charge in [0.25, 0.3) is 5.91 Å². The summed E-state index contributed by atoms with van der Waals surface area (Å²) in [5, 5.41) is 3.96. The van der Waals surface area contributed by atoms with Crippen LogP contribution in [0.2, 0.25) is 0 Å². The van der Waals surface area contributed by atoms with Crippen molar-refractivity contribution in [3.63, 3.8) is 0 Å². The Kier molecular flexibility index (Phi) is 5.55. The molecule has 0 aliphatic rings. The van der Waals surface area contributed by atoms with E-state index < -0.39 is 0 Å². The van der Waals surface area contributed by atoms with Crippen molar-refractivity contribution in [1.29, 1.82) is 0 Å². The van der Waals surface area contributed by atoms with Crippen LogP contribution in [0.15, 0.2) is 52.0 Å². The Morgan fingerprint density at radius 1 is 1.18 bits per heavy atom. The first kappa shape index (κ1) is 16.0. The molecule has 2 aromatic carbocycles. The number of hydrazone groups is 1. The summed E-state index contributed by atoms with van der Waals surface area (Å²) in [6, 6.07) is 12.4. The molecule has 2 rings (SSSR count). The maximum absolute atomic E-state index is 12.0. The van der Waals surface area contributed by atoms with E-state index in [0.717, 1.165) is 4.47 Å². The molecule has 22 heavy (non-hydrogen) atoms. The second-order valence-electron chi connectivity index (χ2n) is 4.32. The van der Waals surface area contributed by atoms with E-state index in [1.165, 1.54) is 6.21 Å². The van der Waals surface area contributed by atoms with Crippen molar-refractivity contribution in [2.45, 2.75) is 0 Å². The Morgan fingerprint density at radius 2 is 2.00 bits per heavy atom. The molecule has 0 bridgehead atoms. The zero-order valence-electron chi connectivity index (χ0n) is 12.2. The van der Waals surface area contributed by atoms with E-state index in [1.54, 1.807) is 50.6 Å². The summed E-state index contributed by atoms with van der Waals surface area (Å²) in [6.07, 6.45) is 1.51. The highest BCUT2D eigenvalue weighted by molar-refractivity contribution is 9.10. The summed E-state index contributed by atoms with van der Waals surface area (Å²) in [5.41, 5.74) is 3.70. The van der Waals surface area contributed by atoms with Gasteiger partial charge in [-0.1, -0.05) is 22.0 Å². The molecule has 0 atom stereocenters. The van der Waals surface area contributed by atoms with Gasteiger partial charge in [-0.2, -0.15) is 5.10 Å². The molecule has 0 unspecified atom stereocenters. The van der Waals surface area contributed by atoms with Crippen LogP contribution in [0.25, 0.3) is 0 Å². The van der Waals surface area contributed by atoms with Gasteiger partial charge < -0.3 is 9.47 Å². The monoisotopic (exact) mass is 362 g/mol. The van der Waals surface area contributed by atoms with Crippen molar-refractivity contribution >= 4 is 28.1 Å². The number of amides is 1. The third-order valence-electron chi connectivity index (χ3n) is 2.89. The van der Waals surface area contributed by atoms with Gasteiger partial charge in [-0.3, -0.25) is 4.79 Å². The maximum Gasteiger partial charge on any atom is 0.271 e. The molecule has 0 aliphatic carbocycles. The average molecular weight is 363 g/mol. The van der Waals surface area contributed by atoms with E-state index in [2.05, 4.69) is 26.5 Å². The number of benzene rings is 2. The minimum absolute atomic E-state index is 0.292. The Labute approximate surface area is 137 Å². The smallest absolute Gasteiger partial charge is 0.271 e. The van der Waals surface area contributed by atoms with Crippen LogP contribution in [0.3, 0.4) is 0 Å². The first-order chi connectivity index (χ1) is 10.6. The molecule has 0 spiro atoms. The van der Waals surface area contributed by atoms with E-state index in [-0.39, 0.29) is 5.91 Å². The van der Waals surface area contributed by atoms with E-state index in [4.69, 9.17) is 9.47 Å². The van der Waals surface area contributed by atoms with Crippen LogP contribution in [-0.2, 0) is 0 Å². The number of ether oxygens (including phenoxy) is 2. The van der Waals surface area contributed by atoms with Gasteiger partial charge in [-0.25, -0.2) is 5.43 Å². The third kappa shape index (κ3) is 4.08. The van der Waals surface area contributed by atoms with Gasteiger partial charge >= 0.3 is 0 Å². The molecular weight excluding hydrogens is 348 g/mol. The number of rotatable bonds is 5. The SMILES string of the molecule is COc1ccc(OC)c(/C=N\NC(=O)c2cccc(Br)c2)c1. The lowest BCUT2D eigenvalue weighted by Crippen LogP contribution is -2.17. The predicted molar refractivity (Wildman–Crippen MR) is 88.7 cm³/mol. The fraction of sp³-hybridized carbons (Fsp3) is 0.125. The Morgan fingerprint density at radius 3 is 2.68 bits per heavy atom. The van der Waals surface area contributed by atoms with E-state index in [9.17, 15) is 4.79 Å². The summed E-state index contributed by atoms with van der Waals surface area (Å²) in [5.74, 6) is 1.03. The largest absolute Gasteiger partial charge is 0.497 e. The molecule has 5 nitrogen and oxygen atoms in total. The molecule has 0 aromatic heterocycles. The highest BCUT2D eigenvalue weighted by Gasteiger charge is 2.05. The van der Waals surface area contributed by atoms with Crippen LogP contribution in [0.5, 0.6) is 11.5 Å². The van der Waals surface area contributed by atoms with Gasteiger partial charge in [0, 0.05) is 15.6 Å². The Balaban J connectivity index is 2.10. The van der Waals surface area contributed by atoms with Crippen molar-refractivity contribution in [3.05, 3.63) is 58.1 Å². The highest BCUT2D eigenvalue weighted by atomic mass is 79.9. The van der Waals surface area contributed by atoms with Gasteiger partial charge in [0.1, 0.15) is 11.5 Å². The first-order valence-electron chi connectivity index (χ1n) is 6.45. The minimum Gasteiger partial charge on any atom is -0.497 e. The Bertz CT molecular complexity index is 702. The molecule has 0 aliphatic heterocycles. The van der Waals surface area contributed by atoms with E-state index >= 15 is 0 Å². The van der Waals surface area contributed by atoms with Gasteiger partial charge in [-0.05, 0) is 36.4 Å². The Hall–Kier alpha value is -2.34. The van der Waals surface area contributed by atoms with Crippen molar-refractivity contribution in [2.24, 2.45) is 5.10 Å². The summed E-state index contributed by atoms with van der Waals surface area (Å²) < 4.78 is 11.2. The molecule has 114 valence electrons. The van der Waals surface area contributed by atoms with Gasteiger partial charge in [0.05, 0.1) is 20.4 Å². The topological polar surface area (TPSA) is 59.9 Å². The zero-order chi connectivity index (χ0) is 15.9. The number of carbonyl (C=O) groups is 1. The zero-order valence-corrected chi connectivity index (χ0v) is 13.8. The quantitative estimate of drug-likeness (QED) is 0.656. The van der Waals surface area contributed by atoms with Crippen LogP contribution in [0.4, 0.5) is 0 Å². The molecule has 1 N–H and O–H groups in total. The third-order valence-corrected chi connectivity index (χ3v) is 3.39. The van der Waals surface area contributed by atoms with Crippen LogP contribution in [0.1, 0.15) is 15.9 Å². The minimum atomic E-state index is -0.292. The summed E-state index contributed by atoms with van der Waals surface area (Å²) in [6.45, 7) is 0. The number of nitrogens with zero attached hydrogens (tertiary/aromatic N) is 1. The molecule has 0 saturated heterocycles. The van der Waals surface area contributed by atoms with Crippen molar-refractivity contribution in [3.8, 4) is 11.5 Å². The molecule has 0 fully saturated rings. The lowest BCUT2D eigenvalue weighted by atomic mass is 10.2. The number of carbonyl (C=O) groups excluding carboxylic acids is 1. The molecule has 0 heterocycles. The molecule has 0 saturated carbocycles. The number of halogens is 1. The van der Waals surface area contributed by atoms with E-state index in [0.29, 0.717) is 22.6 Å². The fourth-order valence-corrected chi connectivity index (χ4v) is 2.19. The van der Waals surface area contributed by atoms with Crippen molar-refractivity contribution in [2.75, 3.05) is 14.2 Å². The summed E-state index contributed by atoms with van der Waals surface area (Å²) >= 11 is 3.32. The summed E-state index contributed by atoms with van der Waals surface area (Å²) in [7, 11) is 3.15. The number of nitrogens with one attached hydrogen (secondary N) is 1. The lowest BCUT2D eigenvalue weighted by Gasteiger charge is -2.06. The number of methoxy groups -OCH3 is 2. The maximum atomic E-state index is 12.0. The van der Waals surface area contributed by atoms with Gasteiger partial charge in [-0.15, -0.1) is 0 Å². The van der Waals surface area contributed by atoms with Crippen LogP contribution in [-0.4, -0.2) is 26.3 Å². The number of hydrogen-bond donors (Lipinski definition) is 1. The molecule has 0 radical (unpaired) electrons. The van der Waals surface area contributed by atoms with E-state index in [1.807, 2.05) is 6.07 Å². The lowest BCUT2D eigenvalue weighted by molar-refractivity contribution is 0.0955. The predicted octanol–water partition coefficient (Wildman–Crippen LogP) is 3.23. The fourth-order valence-electron chi connectivity index (χ4n) is 1.80. The van der Waals surface area contributed by atoms with Crippen LogP contribution < -0.4 is 14.9 Å². The second-order valence-corrected chi connectivity index (χ2v) is 5.23. The van der Waals surface area contributed by atoms with Crippen molar-refractivity contribution in [1.82, 2.24) is 5.43 Å². The average Bonchev–Trinajstić information content (AvgIpc) is 2.54. The highest BCUT2D eigenvalue weighted by Crippen LogP contribution is 2.22. The second kappa shape index (κ2) is 7.61. The van der Waals surface area contributed by atoms with Gasteiger partial charge in [0.2, 0.25) is 0 Å². The van der Waals surface area contributed by atoms with Crippen LogP contribution in [0, 0.1) is 0 Å². The van der Waals surface area contributed by atoms with Crippen molar-refractivity contribution < 1.29 is 14.3 Å². The van der Waals surface area contributed by atoms with Crippen LogP contribution >= 0.6 is 15.9 Å². The molecule has 1 amide bonds. The standard InChI is InChI=1S/C16H15BrN2O3/c1-21-14-6-7-15(22-2)12(9-14)10-18-19-16(20)11-4-3-5-13(17)8-11/h3-10H,1-2H3,(H,19,20)/b18-10-. The first-order valence-corrected chi connectivity index (χ1v) is 7.24. The van der Waals surface area contributed by atoms with Gasteiger partial charge in [0.15, 0.2) is 0 Å². The molecule has 2 aromatic rings. The normalized spacial score (nSPS) is 10.5. The number of hydrogen-bond acceptors (Lipinski definition) is 4. The molecular formula is C16H15BrN2O3. The summed E-state index contributed by atoms with van der Waals surface area (Å²) in [4.78, 5) is 12.0.